The third kappa shape index (κ3) is 5.25. The Balaban J connectivity index is 1.77. The van der Waals surface area contributed by atoms with E-state index in [-0.39, 0.29) is 11.0 Å². The van der Waals surface area contributed by atoms with E-state index >= 15 is 0 Å². The molecule has 2 N–H and O–H groups in total. The maximum atomic E-state index is 12.5. The Morgan fingerprint density at radius 1 is 1.03 bits per heavy atom. The average molecular weight is 429 g/mol. The van der Waals surface area contributed by atoms with E-state index in [9.17, 15) is 9.59 Å². The Morgan fingerprint density at radius 2 is 1.70 bits per heavy atom. The molecule has 0 spiro atoms. The fraction of sp³-hybridized carbons (Fsp3) is 0.286. The van der Waals surface area contributed by atoms with Gasteiger partial charge in [0.1, 0.15) is 5.75 Å². The predicted octanol–water partition coefficient (Wildman–Crippen LogP) is 2.45. The lowest BCUT2D eigenvalue weighted by Gasteiger charge is -2.31. The van der Waals surface area contributed by atoms with E-state index in [0.717, 1.165) is 5.69 Å². The number of thiocarbonyl (C=S) groups is 1. The predicted molar refractivity (Wildman–Crippen MR) is 117 cm³/mol. The number of methoxy groups -OCH3 is 2. The zero-order chi connectivity index (χ0) is 21.5. The normalized spacial score (nSPS) is 13.3. The molecule has 1 fully saturated rings. The van der Waals surface area contributed by atoms with Crippen LogP contribution in [0.1, 0.15) is 20.7 Å². The maximum Gasteiger partial charge on any atom is 0.337 e. The van der Waals surface area contributed by atoms with Crippen LogP contribution in [-0.2, 0) is 9.47 Å². The Labute approximate surface area is 180 Å². The highest BCUT2D eigenvalue weighted by Crippen LogP contribution is 2.28. The topological polar surface area (TPSA) is 89.1 Å². The molecule has 0 aromatic heterocycles. The summed E-state index contributed by atoms with van der Waals surface area (Å²) >= 11 is 5.33. The number of hydrogen-bond acceptors (Lipinski definition) is 7. The SMILES string of the molecule is COC(=O)c1ccc(N2CCOCC2)c(NC(=S)NC(=O)c2ccc(OC)cc2)c1. The Kier molecular flexibility index (Phi) is 7.21. The highest BCUT2D eigenvalue weighted by atomic mass is 32.1. The molecule has 0 aliphatic carbocycles. The van der Waals surface area contributed by atoms with Crippen molar-refractivity contribution >= 4 is 40.6 Å². The third-order valence-corrected chi connectivity index (χ3v) is 4.80. The molecule has 30 heavy (non-hydrogen) atoms. The van der Waals surface area contributed by atoms with Crippen LogP contribution in [0, 0.1) is 0 Å². The van der Waals surface area contributed by atoms with Gasteiger partial charge in [-0.25, -0.2) is 4.79 Å². The van der Waals surface area contributed by atoms with Gasteiger partial charge in [-0.2, -0.15) is 0 Å². The monoisotopic (exact) mass is 429 g/mol. The van der Waals surface area contributed by atoms with Crippen molar-refractivity contribution in [1.29, 1.82) is 0 Å². The maximum absolute atomic E-state index is 12.5. The van der Waals surface area contributed by atoms with Crippen LogP contribution in [0.15, 0.2) is 42.5 Å². The molecule has 1 aliphatic rings. The fourth-order valence-corrected chi connectivity index (χ4v) is 3.23. The number of rotatable bonds is 5. The van der Waals surface area contributed by atoms with E-state index in [1.807, 2.05) is 6.07 Å². The summed E-state index contributed by atoms with van der Waals surface area (Å²) < 4.78 is 15.3. The van der Waals surface area contributed by atoms with Crippen LogP contribution >= 0.6 is 12.2 Å². The molecule has 2 aromatic carbocycles. The minimum absolute atomic E-state index is 0.118. The number of ether oxygens (including phenoxy) is 3. The third-order valence-electron chi connectivity index (χ3n) is 4.60. The van der Waals surface area contributed by atoms with E-state index in [4.69, 9.17) is 26.4 Å². The first kappa shape index (κ1) is 21.5. The van der Waals surface area contributed by atoms with Crippen LogP contribution in [0.4, 0.5) is 11.4 Å². The summed E-state index contributed by atoms with van der Waals surface area (Å²) in [6.07, 6.45) is 0. The number of benzene rings is 2. The largest absolute Gasteiger partial charge is 0.497 e. The van der Waals surface area contributed by atoms with Gasteiger partial charge < -0.3 is 24.4 Å². The molecule has 1 saturated heterocycles. The summed E-state index contributed by atoms with van der Waals surface area (Å²) in [5.74, 6) is -0.158. The number of hydrogen-bond donors (Lipinski definition) is 2. The van der Waals surface area contributed by atoms with Gasteiger partial charge in [0.25, 0.3) is 5.91 Å². The summed E-state index contributed by atoms with van der Waals surface area (Å²) in [5, 5.41) is 5.81. The first-order valence-electron chi connectivity index (χ1n) is 9.33. The lowest BCUT2D eigenvalue weighted by molar-refractivity contribution is 0.0600. The Morgan fingerprint density at radius 3 is 2.33 bits per heavy atom. The summed E-state index contributed by atoms with van der Waals surface area (Å²) in [6.45, 7) is 2.63. The molecule has 2 aromatic rings. The van der Waals surface area contributed by atoms with Gasteiger partial charge in [-0.15, -0.1) is 0 Å². The van der Waals surface area contributed by atoms with Gasteiger partial charge in [0.15, 0.2) is 5.11 Å². The van der Waals surface area contributed by atoms with Gasteiger partial charge in [-0.05, 0) is 54.7 Å². The molecule has 1 amide bonds. The van der Waals surface area contributed by atoms with E-state index in [2.05, 4.69) is 15.5 Å². The van der Waals surface area contributed by atoms with Crippen molar-refractivity contribution in [2.75, 3.05) is 50.7 Å². The van der Waals surface area contributed by atoms with Crippen LogP contribution in [0.2, 0.25) is 0 Å². The van der Waals surface area contributed by atoms with Crippen molar-refractivity contribution in [3.63, 3.8) is 0 Å². The molecule has 0 radical (unpaired) electrons. The number of amides is 1. The first-order valence-corrected chi connectivity index (χ1v) is 9.74. The second-order valence-electron chi connectivity index (χ2n) is 6.46. The van der Waals surface area contributed by atoms with Gasteiger partial charge >= 0.3 is 5.97 Å². The second-order valence-corrected chi connectivity index (χ2v) is 6.87. The molecule has 9 heteroatoms. The molecule has 0 atom stereocenters. The van der Waals surface area contributed by atoms with Crippen molar-refractivity contribution in [3.8, 4) is 5.75 Å². The molecule has 8 nitrogen and oxygen atoms in total. The minimum Gasteiger partial charge on any atom is -0.497 e. The minimum atomic E-state index is -0.459. The van der Waals surface area contributed by atoms with Gasteiger partial charge in [0, 0.05) is 18.7 Å². The Bertz CT molecular complexity index is 927. The van der Waals surface area contributed by atoms with Crippen LogP contribution < -0.4 is 20.3 Å². The summed E-state index contributed by atoms with van der Waals surface area (Å²) in [4.78, 5) is 26.6. The lowest BCUT2D eigenvalue weighted by atomic mass is 10.1. The first-order chi connectivity index (χ1) is 14.5. The number of anilines is 2. The second kappa shape index (κ2) is 10.0. The van der Waals surface area contributed by atoms with Crippen LogP contribution in [0.3, 0.4) is 0 Å². The molecule has 0 unspecified atom stereocenters. The van der Waals surface area contributed by atoms with Gasteiger partial charge in [-0.3, -0.25) is 10.1 Å². The quantitative estimate of drug-likeness (QED) is 0.554. The van der Waals surface area contributed by atoms with Crippen molar-refractivity contribution in [2.24, 2.45) is 0 Å². The standard InChI is InChI=1S/C21H23N3O5S/c1-27-16-6-3-14(4-7-16)19(25)23-21(30)22-17-13-15(20(26)28-2)5-8-18(17)24-9-11-29-12-10-24/h3-8,13H,9-12H2,1-2H3,(H2,22,23,25,30). The van der Waals surface area contributed by atoms with E-state index in [1.165, 1.54) is 7.11 Å². The van der Waals surface area contributed by atoms with Gasteiger partial charge in [-0.1, -0.05) is 0 Å². The van der Waals surface area contributed by atoms with Crippen molar-refractivity contribution < 1.29 is 23.8 Å². The fourth-order valence-electron chi connectivity index (χ4n) is 3.03. The van der Waals surface area contributed by atoms with E-state index in [0.29, 0.717) is 48.9 Å². The average Bonchev–Trinajstić information content (AvgIpc) is 2.79. The molecule has 158 valence electrons. The number of nitrogens with zero attached hydrogens (tertiary/aromatic N) is 1. The van der Waals surface area contributed by atoms with Crippen LogP contribution in [0.5, 0.6) is 5.75 Å². The highest BCUT2D eigenvalue weighted by molar-refractivity contribution is 7.80. The van der Waals surface area contributed by atoms with E-state index in [1.54, 1.807) is 43.5 Å². The molecule has 0 bridgehead atoms. The molecule has 3 rings (SSSR count). The zero-order valence-electron chi connectivity index (χ0n) is 16.8. The van der Waals surface area contributed by atoms with Crippen molar-refractivity contribution in [1.82, 2.24) is 5.32 Å². The van der Waals surface area contributed by atoms with Crippen molar-refractivity contribution in [2.45, 2.75) is 0 Å². The van der Waals surface area contributed by atoms with Crippen molar-refractivity contribution in [3.05, 3.63) is 53.6 Å². The molecular formula is C21H23N3O5S. The molecule has 0 saturated carbocycles. The van der Waals surface area contributed by atoms with E-state index < -0.39 is 5.97 Å². The lowest BCUT2D eigenvalue weighted by Crippen LogP contribution is -2.38. The summed E-state index contributed by atoms with van der Waals surface area (Å²) in [7, 11) is 2.88. The number of carbonyl (C=O) groups excluding carboxylic acids is 2. The van der Waals surface area contributed by atoms with Gasteiger partial charge in [0.2, 0.25) is 0 Å². The molecule has 1 heterocycles. The van der Waals surface area contributed by atoms with Gasteiger partial charge in [0.05, 0.1) is 44.4 Å². The van der Waals surface area contributed by atoms with Crippen LogP contribution in [-0.4, -0.2) is 57.5 Å². The molecule has 1 aliphatic heterocycles. The summed E-state index contributed by atoms with van der Waals surface area (Å²) in [5.41, 5.74) is 2.27. The zero-order valence-corrected chi connectivity index (χ0v) is 17.6. The molecular weight excluding hydrogens is 406 g/mol. The number of nitrogens with one attached hydrogen (secondary N) is 2. The number of morpholine rings is 1. The van der Waals surface area contributed by atoms with Crippen LogP contribution in [0.25, 0.3) is 0 Å². The number of carbonyl (C=O) groups is 2. The number of esters is 1. The Hall–Kier alpha value is -3.17. The summed E-state index contributed by atoms with van der Waals surface area (Å²) in [6, 6.07) is 11.9. The smallest absolute Gasteiger partial charge is 0.337 e. The highest BCUT2D eigenvalue weighted by Gasteiger charge is 2.18.